The second-order valence-corrected chi connectivity index (χ2v) is 5.68. The number of hydrogen-bond acceptors (Lipinski definition) is 4. The maximum atomic E-state index is 10.5. The number of hydrogen-bond donors (Lipinski definition) is 1. The lowest BCUT2D eigenvalue weighted by molar-refractivity contribution is 0.321. The number of aromatic hydroxyl groups is 1. The fourth-order valence-electron chi connectivity index (χ4n) is 2.52. The minimum absolute atomic E-state index is 0.117. The Balaban J connectivity index is 2.05. The summed E-state index contributed by atoms with van der Waals surface area (Å²) in [5.41, 5.74) is 2.26. The molecule has 0 heterocycles. The number of fused-ring (bicyclic) bond motifs is 1. The van der Waals surface area contributed by atoms with Crippen LogP contribution in [0.1, 0.15) is 18.9 Å². The van der Waals surface area contributed by atoms with Gasteiger partial charge in [0, 0.05) is 16.8 Å². The molecular weight excluding hydrogens is 300 g/mol. The van der Waals surface area contributed by atoms with E-state index in [9.17, 15) is 5.11 Å². The van der Waals surface area contributed by atoms with Gasteiger partial charge in [-0.3, -0.25) is 0 Å². The van der Waals surface area contributed by atoms with Crippen molar-refractivity contribution in [3.63, 3.8) is 0 Å². The highest BCUT2D eigenvalue weighted by Gasteiger charge is 2.12. The van der Waals surface area contributed by atoms with E-state index >= 15 is 0 Å². The molecule has 3 aromatic rings. The summed E-state index contributed by atoms with van der Waals surface area (Å²) in [7, 11) is 0. The largest absolute Gasteiger partial charge is 0.505 e. The van der Waals surface area contributed by atoms with Gasteiger partial charge in [-0.05, 0) is 31.0 Å². The molecule has 0 aliphatic carbocycles. The van der Waals surface area contributed by atoms with E-state index in [-0.39, 0.29) is 5.75 Å². The van der Waals surface area contributed by atoms with Gasteiger partial charge in [0.2, 0.25) is 0 Å². The second-order valence-electron chi connectivity index (χ2n) is 5.68. The Hall–Kier alpha value is -2.88. The van der Waals surface area contributed by atoms with E-state index in [4.69, 9.17) is 4.74 Å². The number of phenols is 1. The molecule has 0 atom stereocenters. The average Bonchev–Trinajstić information content (AvgIpc) is 2.60. The number of nitrogens with zero attached hydrogens (tertiary/aromatic N) is 2. The summed E-state index contributed by atoms with van der Waals surface area (Å²) in [4.78, 5) is 0. The molecule has 0 aliphatic rings. The average molecular weight is 320 g/mol. The molecule has 0 saturated carbocycles. The first-order valence-corrected chi connectivity index (χ1v) is 8.05. The van der Waals surface area contributed by atoms with Gasteiger partial charge in [-0.25, -0.2) is 0 Å². The Morgan fingerprint density at radius 2 is 1.75 bits per heavy atom. The van der Waals surface area contributed by atoms with Crippen LogP contribution in [0.25, 0.3) is 10.8 Å². The number of azo groups is 1. The first-order chi connectivity index (χ1) is 11.7. The minimum atomic E-state index is 0.117. The fraction of sp³-hybridized carbons (Fsp3) is 0.200. The molecule has 24 heavy (non-hydrogen) atoms. The summed E-state index contributed by atoms with van der Waals surface area (Å²) in [6, 6.07) is 17.1. The van der Waals surface area contributed by atoms with Crippen LogP contribution in [0, 0.1) is 6.92 Å². The van der Waals surface area contributed by atoms with Crippen LogP contribution < -0.4 is 4.74 Å². The molecule has 0 aromatic heterocycles. The summed E-state index contributed by atoms with van der Waals surface area (Å²) >= 11 is 0. The molecule has 0 unspecified atom stereocenters. The quantitative estimate of drug-likeness (QED) is 0.581. The summed E-state index contributed by atoms with van der Waals surface area (Å²) in [5, 5.41) is 20.6. The predicted octanol–water partition coefficient (Wildman–Crippen LogP) is 6.06. The van der Waals surface area contributed by atoms with Crippen LogP contribution in [0.3, 0.4) is 0 Å². The van der Waals surface area contributed by atoms with E-state index in [0.717, 1.165) is 23.1 Å². The van der Waals surface area contributed by atoms with E-state index in [2.05, 4.69) is 17.2 Å². The van der Waals surface area contributed by atoms with Crippen molar-refractivity contribution in [2.24, 2.45) is 10.2 Å². The zero-order valence-corrected chi connectivity index (χ0v) is 13.9. The highest BCUT2D eigenvalue weighted by atomic mass is 16.5. The van der Waals surface area contributed by atoms with Crippen LogP contribution in [0.2, 0.25) is 0 Å². The maximum Gasteiger partial charge on any atom is 0.151 e. The van der Waals surface area contributed by atoms with Gasteiger partial charge in [0.05, 0.1) is 12.3 Å². The molecule has 3 aromatic carbocycles. The van der Waals surface area contributed by atoms with Gasteiger partial charge < -0.3 is 9.84 Å². The van der Waals surface area contributed by atoms with Gasteiger partial charge in [0.15, 0.2) is 5.75 Å². The van der Waals surface area contributed by atoms with E-state index in [1.807, 2.05) is 55.5 Å². The lowest BCUT2D eigenvalue weighted by Gasteiger charge is -2.11. The number of rotatable bonds is 5. The summed E-state index contributed by atoms with van der Waals surface area (Å²) < 4.78 is 5.82. The zero-order chi connectivity index (χ0) is 16.9. The van der Waals surface area contributed by atoms with E-state index in [1.165, 1.54) is 0 Å². The summed E-state index contributed by atoms with van der Waals surface area (Å²) in [6.45, 7) is 4.67. The van der Waals surface area contributed by atoms with Crippen molar-refractivity contribution in [3.05, 3.63) is 60.2 Å². The molecule has 0 aliphatic heterocycles. The Kier molecular flexibility index (Phi) is 4.75. The molecule has 0 spiro atoms. The van der Waals surface area contributed by atoms with Crippen molar-refractivity contribution in [2.75, 3.05) is 6.61 Å². The van der Waals surface area contributed by atoms with Crippen molar-refractivity contribution in [3.8, 4) is 11.5 Å². The maximum absolute atomic E-state index is 10.5. The van der Waals surface area contributed by atoms with Crippen LogP contribution in [-0.4, -0.2) is 11.7 Å². The molecule has 3 rings (SSSR count). The van der Waals surface area contributed by atoms with E-state index < -0.39 is 0 Å². The fourth-order valence-corrected chi connectivity index (χ4v) is 2.52. The van der Waals surface area contributed by atoms with E-state index in [0.29, 0.717) is 23.4 Å². The normalized spacial score (nSPS) is 11.2. The number of aryl methyl sites for hydroxylation is 1. The number of phenolic OH excluding ortho intramolecular Hbond substituents is 1. The van der Waals surface area contributed by atoms with Crippen molar-refractivity contribution < 1.29 is 9.84 Å². The highest BCUT2D eigenvalue weighted by Crippen LogP contribution is 2.41. The molecule has 0 amide bonds. The van der Waals surface area contributed by atoms with Crippen molar-refractivity contribution in [1.82, 2.24) is 0 Å². The Bertz CT molecular complexity index is 888. The van der Waals surface area contributed by atoms with Crippen LogP contribution in [0.5, 0.6) is 11.5 Å². The smallest absolute Gasteiger partial charge is 0.151 e. The van der Waals surface area contributed by atoms with E-state index in [1.54, 1.807) is 6.07 Å². The third kappa shape index (κ3) is 3.38. The van der Waals surface area contributed by atoms with Gasteiger partial charge in [-0.15, -0.1) is 5.11 Å². The summed E-state index contributed by atoms with van der Waals surface area (Å²) in [5.74, 6) is 0.828. The minimum Gasteiger partial charge on any atom is -0.505 e. The number of ether oxygens (including phenoxy) is 1. The standard InChI is InChI=1S/C20H20N2O2/c1-3-11-24-19-13-18(20(23)17-10-5-4-9-16(17)19)22-21-15-8-6-7-14(2)12-15/h4-10,12-13,23H,3,11H2,1-2H3. The first-order valence-electron chi connectivity index (χ1n) is 8.05. The molecule has 4 nitrogen and oxygen atoms in total. The van der Waals surface area contributed by atoms with Crippen LogP contribution in [0.15, 0.2) is 64.8 Å². The van der Waals surface area contributed by atoms with Crippen LogP contribution >= 0.6 is 0 Å². The predicted molar refractivity (Wildman–Crippen MR) is 96.8 cm³/mol. The molecule has 0 bridgehead atoms. The third-order valence-corrected chi connectivity index (χ3v) is 3.69. The monoisotopic (exact) mass is 320 g/mol. The Morgan fingerprint density at radius 1 is 0.958 bits per heavy atom. The van der Waals surface area contributed by atoms with Crippen molar-refractivity contribution in [2.45, 2.75) is 20.3 Å². The molecule has 1 N–H and O–H groups in total. The Labute approximate surface area is 141 Å². The van der Waals surface area contributed by atoms with Crippen LogP contribution in [0.4, 0.5) is 11.4 Å². The lowest BCUT2D eigenvalue weighted by atomic mass is 10.1. The molecule has 0 fully saturated rings. The topological polar surface area (TPSA) is 54.2 Å². The lowest BCUT2D eigenvalue weighted by Crippen LogP contribution is -1.95. The second kappa shape index (κ2) is 7.13. The highest BCUT2D eigenvalue weighted by molar-refractivity contribution is 5.97. The van der Waals surface area contributed by atoms with Crippen LogP contribution in [-0.2, 0) is 0 Å². The SMILES string of the molecule is CCCOc1cc(N=Nc2cccc(C)c2)c(O)c2ccccc12. The van der Waals surface area contributed by atoms with Gasteiger partial charge in [0.25, 0.3) is 0 Å². The molecule has 0 saturated heterocycles. The van der Waals surface area contributed by atoms with Gasteiger partial charge in [-0.2, -0.15) is 5.11 Å². The third-order valence-electron chi connectivity index (χ3n) is 3.69. The summed E-state index contributed by atoms with van der Waals surface area (Å²) in [6.07, 6.45) is 0.912. The molecule has 4 heteroatoms. The van der Waals surface area contributed by atoms with Crippen molar-refractivity contribution >= 4 is 22.1 Å². The van der Waals surface area contributed by atoms with Gasteiger partial charge >= 0.3 is 0 Å². The molecule has 0 radical (unpaired) electrons. The van der Waals surface area contributed by atoms with Gasteiger partial charge in [-0.1, -0.05) is 43.3 Å². The zero-order valence-electron chi connectivity index (χ0n) is 13.9. The first kappa shape index (κ1) is 16.0. The Morgan fingerprint density at radius 3 is 2.50 bits per heavy atom. The molecular formula is C20H20N2O2. The number of benzene rings is 3. The van der Waals surface area contributed by atoms with Gasteiger partial charge in [0.1, 0.15) is 11.4 Å². The van der Waals surface area contributed by atoms with Crippen molar-refractivity contribution in [1.29, 1.82) is 0 Å². The molecule has 122 valence electrons.